The van der Waals surface area contributed by atoms with Crippen LogP contribution in [0.25, 0.3) is 33.1 Å². The fourth-order valence-corrected chi connectivity index (χ4v) is 10.9. The number of hydrogen-bond donors (Lipinski definition) is 0. The maximum atomic E-state index is 2.81. The van der Waals surface area contributed by atoms with Crippen molar-refractivity contribution in [2.75, 3.05) is 0 Å². The van der Waals surface area contributed by atoms with Gasteiger partial charge >= 0.3 is 0 Å². The topological polar surface area (TPSA) is 12.0 Å². The third-order valence-electron chi connectivity index (χ3n) is 13.2. The lowest BCUT2D eigenvalue weighted by atomic mass is 9.65. The molecule has 3 unspecified atom stereocenters. The molecule has 3 atom stereocenters. The van der Waals surface area contributed by atoms with Crippen LogP contribution in [0.2, 0.25) is 0 Å². The molecule has 244 valence electrons. The van der Waals surface area contributed by atoms with Gasteiger partial charge in [0.05, 0.1) is 22.9 Å². The summed E-state index contributed by atoms with van der Waals surface area (Å²) < 4.78 is 5.33. The summed E-state index contributed by atoms with van der Waals surface area (Å²) in [6.45, 7) is 14.4. The molecular weight excluding hydrogens is 583 g/mol. The zero-order valence-corrected chi connectivity index (χ0v) is 29.9. The SMILES string of the molecule is CCCc1cccc(-c2ccc3c4c2n(C)c2cc(CC)c[n+](c42)C(CC)(CC)C3C2Cc3cccc4c3C3C(=CC=CN32)C4(C)C)c1. The quantitative estimate of drug-likeness (QED) is 0.163. The molecule has 0 amide bonds. The van der Waals surface area contributed by atoms with Gasteiger partial charge in [0, 0.05) is 48.7 Å². The number of benzene rings is 3. The number of nitrogens with zero attached hydrogens (tertiary/aromatic N) is 3. The lowest BCUT2D eigenvalue weighted by Gasteiger charge is -2.51. The third-order valence-corrected chi connectivity index (χ3v) is 13.2. The van der Waals surface area contributed by atoms with E-state index in [-0.39, 0.29) is 11.0 Å². The molecule has 3 nitrogen and oxygen atoms in total. The van der Waals surface area contributed by atoms with Gasteiger partial charge in [-0.1, -0.05) is 109 Å². The minimum atomic E-state index is -0.0453. The largest absolute Gasteiger partial charge is 0.362 e. The van der Waals surface area contributed by atoms with E-state index >= 15 is 0 Å². The van der Waals surface area contributed by atoms with Gasteiger partial charge in [-0.15, -0.1) is 0 Å². The minimum absolute atomic E-state index is 0.0390. The van der Waals surface area contributed by atoms with Crippen molar-refractivity contribution in [3.05, 3.63) is 124 Å². The smallest absolute Gasteiger partial charge is 0.239 e. The van der Waals surface area contributed by atoms with E-state index < -0.39 is 0 Å². The number of allylic oxidation sites excluding steroid dienone is 2. The van der Waals surface area contributed by atoms with Crippen LogP contribution < -0.4 is 4.57 Å². The van der Waals surface area contributed by atoms with Gasteiger partial charge in [-0.05, 0) is 70.4 Å². The van der Waals surface area contributed by atoms with E-state index in [1.54, 1.807) is 22.3 Å². The molecule has 3 aromatic carbocycles. The van der Waals surface area contributed by atoms with E-state index in [2.05, 4.69) is 148 Å². The van der Waals surface area contributed by atoms with Crippen molar-refractivity contribution in [3.63, 3.8) is 0 Å². The maximum Gasteiger partial charge on any atom is 0.239 e. The van der Waals surface area contributed by atoms with Crippen LogP contribution in [0.4, 0.5) is 0 Å². The summed E-state index contributed by atoms with van der Waals surface area (Å²) in [5.74, 6) is 0.329. The van der Waals surface area contributed by atoms with Crippen LogP contribution in [0.1, 0.15) is 106 Å². The van der Waals surface area contributed by atoms with Crippen molar-refractivity contribution in [2.24, 2.45) is 7.05 Å². The fraction of sp³-hybridized carbons (Fsp3) is 0.400. The number of aromatic nitrogens is 2. The molecule has 0 fully saturated rings. The summed E-state index contributed by atoms with van der Waals surface area (Å²) in [5, 5.41) is 1.47. The summed E-state index contributed by atoms with van der Waals surface area (Å²) >= 11 is 0. The molecule has 48 heavy (non-hydrogen) atoms. The highest BCUT2D eigenvalue weighted by atomic mass is 15.2. The van der Waals surface area contributed by atoms with Gasteiger partial charge in [-0.25, -0.2) is 0 Å². The summed E-state index contributed by atoms with van der Waals surface area (Å²) in [7, 11) is 2.32. The normalized spacial score (nSPS) is 22.5. The summed E-state index contributed by atoms with van der Waals surface area (Å²) in [6, 6.07) is 24.7. The zero-order chi connectivity index (χ0) is 33.1. The monoisotopic (exact) mass is 632 g/mol. The van der Waals surface area contributed by atoms with Crippen LogP contribution in [-0.4, -0.2) is 15.5 Å². The Hall–Kier alpha value is -4.11. The molecule has 0 saturated carbocycles. The van der Waals surface area contributed by atoms with Crippen molar-refractivity contribution < 1.29 is 4.57 Å². The van der Waals surface area contributed by atoms with Gasteiger partial charge in [0.2, 0.25) is 5.52 Å². The van der Waals surface area contributed by atoms with Crippen LogP contribution >= 0.6 is 0 Å². The highest BCUT2D eigenvalue weighted by molar-refractivity contribution is 6.12. The lowest BCUT2D eigenvalue weighted by Crippen LogP contribution is -2.65. The predicted octanol–water partition coefficient (Wildman–Crippen LogP) is 10.1. The molecule has 0 N–H and O–H groups in total. The first-order valence-electron chi connectivity index (χ1n) is 18.7. The molecule has 4 aliphatic rings. The maximum absolute atomic E-state index is 2.81. The Balaban J connectivity index is 1.35. The average Bonchev–Trinajstić information content (AvgIpc) is 3.54. The lowest BCUT2D eigenvalue weighted by molar-refractivity contribution is -0.749. The molecule has 1 aliphatic carbocycles. The molecule has 3 aliphatic heterocycles. The number of rotatable bonds is 7. The highest BCUT2D eigenvalue weighted by Gasteiger charge is 2.59. The Bertz CT molecular complexity index is 2200. The first-order chi connectivity index (χ1) is 23.3. The Labute approximate surface area is 286 Å². The van der Waals surface area contributed by atoms with Gasteiger partial charge < -0.3 is 9.47 Å². The first-order valence-corrected chi connectivity index (χ1v) is 18.7. The molecule has 0 bridgehead atoms. The zero-order valence-electron chi connectivity index (χ0n) is 29.9. The Kier molecular flexibility index (Phi) is 6.52. The van der Waals surface area contributed by atoms with Crippen molar-refractivity contribution in [3.8, 4) is 11.1 Å². The Morgan fingerprint density at radius 2 is 1.73 bits per heavy atom. The molecule has 2 aromatic heterocycles. The number of pyridine rings is 1. The van der Waals surface area contributed by atoms with Gasteiger partial charge in [-0.3, -0.25) is 0 Å². The van der Waals surface area contributed by atoms with Crippen LogP contribution in [0.5, 0.6) is 0 Å². The average molecular weight is 633 g/mol. The van der Waals surface area contributed by atoms with Crippen molar-refractivity contribution in [2.45, 2.75) is 109 Å². The fourth-order valence-electron chi connectivity index (χ4n) is 10.9. The second-order valence-electron chi connectivity index (χ2n) is 15.6. The molecule has 0 saturated heterocycles. The van der Waals surface area contributed by atoms with E-state index in [4.69, 9.17) is 0 Å². The van der Waals surface area contributed by atoms with E-state index in [1.807, 2.05) is 0 Å². The third kappa shape index (κ3) is 3.68. The van der Waals surface area contributed by atoms with E-state index in [1.165, 1.54) is 49.8 Å². The molecule has 5 aromatic rings. The van der Waals surface area contributed by atoms with Gasteiger partial charge in [0.1, 0.15) is 5.52 Å². The van der Waals surface area contributed by atoms with E-state index in [9.17, 15) is 0 Å². The van der Waals surface area contributed by atoms with Gasteiger partial charge in [0.25, 0.3) is 0 Å². The predicted molar refractivity (Wildman–Crippen MR) is 199 cm³/mol. The molecule has 9 rings (SSSR count). The summed E-state index contributed by atoms with van der Waals surface area (Å²) in [4.78, 5) is 2.81. The van der Waals surface area contributed by atoms with Crippen LogP contribution in [0.15, 0.2) is 90.8 Å². The summed E-state index contributed by atoms with van der Waals surface area (Å²) in [6.07, 6.45) is 16.3. The first kappa shape index (κ1) is 30.0. The van der Waals surface area contributed by atoms with Crippen molar-refractivity contribution in [1.29, 1.82) is 0 Å². The van der Waals surface area contributed by atoms with Gasteiger partial charge in [0.15, 0.2) is 11.7 Å². The van der Waals surface area contributed by atoms with E-state index in [0.717, 1.165) is 38.5 Å². The highest BCUT2D eigenvalue weighted by Crippen LogP contribution is 2.60. The molecule has 0 radical (unpaired) electrons. The van der Waals surface area contributed by atoms with Crippen LogP contribution in [0, 0.1) is 0 Å². The second kappa shape index (κ2) is 10.4. The standard InChI is InChI=1S/C45H50N3/c1-8-15-29-16-12-17-30(24-29)32-21-22-33-39-41(32)46(7)37-25-28(9-2)27-48(43(37)39)45(10-3,11-4)40(33)36-26-31-18-13-19-34-38(31)42-35(44(34,5)6)20-14-23-47(36)42/h12-14,16-25,27,36,40,42H,8-11,15,26H2,1-7H3/q+1. The second-order valence-corrected chi connectivity index (χ2v) is 15.6. The molecule has 3 heteroatoms. The van der Waals surface area contributed by atoms with E-state index in [0.29, 0.717) is 18.0 Å². The number of hydrogen-bond acceptors (Lipinski definition) is 1. The minimum Gasteiger partial charge on any atom is -0.362 e. The van der Waals surface area contributed by atoms with Crippen LogP contribution in [-0.2, 0) is 37.3 Å². The number of aryl methyl sites for hydroxylation is 3. The van der Waals surface area contributed by atoms with Crippen molar-refractivity contribution in [1.82, 2.24) is 9.47 Å². The Morgan fingerprint density at radius 3 is 2.50 bits per heavy atom. The van der Waals surface area contributed by atoms with Crippen LogP contribution in [0.3, 0.4) is 0 Å². The van der Waals surface area contributed by atoms with Crippen molar-refractivity contribution >= 4 is 21.9 Å². The molecular formula is C45H50N3+. The molecule has 5 heterocycles. The van der Waals surface area contributed by atoms with Gasteiger partial charge in [-0.2, -0.15) is 4.57 Å². The summed E-state index contributed by atoms with van der Waals surface area (Å²) in [5.41, 5.74) is 17.5. The molecule has 0 spiro atoms. The Morgan fingerprint density at radius 1 is 0.917 bits per heavy atom.